The van der Waals surface area contributed by atoms with Crippen molar-refractivity contribution >= 4 is 0 Å². The molecule has 4 nitrogen and oxygen atoms in total. The van der Waals surface area contributed by atoms with E-state index in [9.17, 15) is 5.11 Å². The van der Waals surface area contributed by atoms with Gasteiger partial charge in [0.1, 0.15) is 12.4 Å². The molecule has 0 amide bonds. The number of aliphatic hydroxyl groups excluding tert-OH is 1. The summed E-state index contributed by atoms with van der Waals surface area (Å²) in [5, 5.41) is 12.2. The number of hydrogen-bond acceptors (Lipinski definition) is 4. The van der Waals surface area contributed by atoms with E-state index >= 15 is 0 Å². The molecule has 60 valence electrons. The molecule has 0 bridgehead atoms. The molecule has 1 aromatic rings. The molecule has 0 saturated carbocycles. The Labute approximate surface area is 65.3 Å². The number of aromatic nitrogens is 2. The molecular formula is C7H11N3O. The predicted octanol–water partition coefficient (Wildman–Crippen LogP) is -0.271. The average molecular weight is 153 g/mol. The van der Waals surface area contributed by atoms with Crippen molar-refractivity contribution in [3.63, 3.8) is 0 Å². The number of hydrogen-bond donors (Lipinski definition) is 2. The summed E-state index contributed by atoms with van der Waals surface area (Å²) >= 11 is 0. The second kappa shape index (κ2) is 4.00. The zero-order valence-corrected chi connectivity index (χ0v) is 6.36. The van der Waals surface area contributed by atoms with Crippen molar-refractivity contribution < 1.29 is 5.11 Å². The van der Waals surface area contributed by atoms with Crippen LogP contribution in [-0.2, 0) is 0 Å². The fraction of sp³-hybridized carbons (Fsp3) is 0.429. The molecule has 11 heavy (non-hydrogen) atoms. The van der Waals surface area contributed by atoms with Crippen LogP contribution in [0.15, 0.2) is 18.6 Å². The Morgan fingerprint density at radius 3 is 3.09 bits per heavy atom. The summed E-state index contributed by atoms with van der Waals surface area (Å²) in [5.74, 6) is 0. The standard InChI is InChI=1S/C7H11N3O/c1-8-4-7(11)6-2-3-9-5-10-6/h2-3,5,7-8,11H,4H2,1H3. The van der Waals surface area contributed by atoms with Gasteiger partial charge in [0.2, 0.25) is 0 Å². The molecule has 2 N–H and O–H groups in total. The van der Waals surface area contributed by atoms with Gasteiger partial charge >= 0.3 is 0 Å². The van der Waals surface area contributed by atoms with E-state index < -0.39 is 6.10 Å². The van der Waals surface area contributed by atoms with Crippen LogP contribution in [0.1, 0.15) is 11.8 Å². The lowest BCUT2D eigenvalue weighted by atomic mass is 10.2. The minimum absolute atomic E-state index is 0.511. The summed E-state index contributed by atoms with van der Waals surface area (Å²) < 4.78 is 0. The molecule has 0 aliphatic carbocycles. The maximum Gasteiger partial charge on any atom is 0.115 e. The van der Waals surface area contributed by atoms with Gasteiger partial charge in [-0.3, -0.25) is 0 Å². The zero-order chi connectivity index (χ0) is 8.10. The van der Waals surface area contributed by atoms with Crippen LogP contribution in [0, 0.1) is 0 Å². The monoisotopic (exact) mass is 153 g/mol. The van der Waals surface area contributed by atoms with Crippen molar-refractivity contribution in [3.8, 4) is 0 Å². The smallest absolute Gasteiger partial charge is 0.115 e. The quantitative estimate of drug-likeness (QED) is 0.627. The van der Waals surface area contributed by atoms with Crippen molar-refractivity contribution in [2.45, 2.75) is 6.10 Å². The molecule has 4 heteroatoms. The maximum absolute atomic E-state index is 9.37. The van der Waals surface area contributed by atoms with Gasteiger partial charge < -0.3 is 10.4 Å². The molecule has 1 atom stereocenters. The molecule has 0 aliphatic rings. The Balaban J connectivity index is 2.61. The van der Waals surface area contributed by atoms with Crippen LogP contribution >= 0.6 is 0 Å². The summed E-state index contributed by atoms with van der Waals surface area (Å²) in [6.07, 6.45) is 2.50. The van der Waals surface area contributed by atoms with Gasteiger partial charge in [0, 0.05) is 12.7 Å². The summed E-state index contributed by atoms with van der Waals surface area (Å²) in [6.45, 7) is 0.511. The molecule has 0 saturated heterocycles. The number of nitrogens with one attached hydrogen (secondary N) is 1. The van der Waals surface area contributed by atoms with Crippen molar-refractivity contribution in [2.75, 3.05) is 13.6 Å². The largest absolute Gasteiger partial charge is 0.385 e. The Morgan fingerprint density at radius 1 is 1.73 bits per heavy atom. The fourth-order valence-corrected chi connectivity index (χ4v) is 0.796. The van der Waals surface area contributed by atoms with Crippen LogP contribution in [0.25, 0.3) is 0 Å². The third-order valence-electron chi connectivity index (χ3n) is 1.34. The lowest BCUT2D eigenvalue weighted by Crippen LogP contribution is -2.17. The molecule has 0 aromatic carbocycles. The zero-order valence-electron chi connectivity index (χ0n) is 6.36. The molecule has 1 heterocycles. The highest BCUT2D eigenvalue weighted by Gasteiger charge is 2.05. The first-order valence-corrected chi connectivity index (χ1v) is 3.43. The van der Waals surface area contributed by atoms with Crippen molar-refractivity contribution in [2.24, 2.45) is 0 Å². The van der Waals surface area contributed by atoms with Crippen LogP contribution < -0.4 is 5.32 Å². The Hall–Kier alpha value is -1.00. The molecule has 1 unspecified atom stereocenters. The normalized spacial score (nSPS) is 12.9. The first-order valence-electron chi connectivity index (χ1n) is 3.43. The number of nitrogens with zero attached hydrogens (tertiary/aromatic N) is 2. The second-order valence-electron chi connectivity index (χ2n) is 2.21. The van der Waals surface area contributed by atoms with E-state index in [0.717, 1.165) is 0 Å². The molecule has 0 spiro atoms. The van der Waals surface area contributed by atoms with Gasteiger partial charge in [-0.1, -0.05) is 0 Å². The molecule has 0 radical (unpaired) electrons. The highest BCUT2D eigenvalue weighted by Crippen LogP contribution is 2.05. The van der Waals surface area contributed by atoms with Gasteiger partial charge in [0.05, 0.1) is 5.69 Å². The van der Waals surface area contributed by atoms with E-state index in [-0.39, 0.29) is 0 Å². The van der Waals surface area contributed by atoms with E-state index in [2.05, 4.69) is 15.3 Å². The highest BCUT2D eigenvalue weighted by atomic mass is 16.3. The summed E-state index contributed by atoms with van der Waals surface area (Å²) in [6, 6.07) is 1.70. The van der Waals surface area contributed by atoms with E-state index in [0.29, 0.717) is 12.2 Å². The molecule has 0 aliphatic heterocycles. The first kappa shape index (κ1) is 8.10. The first-order chi connectivity index (χ1) is 5.34. The fourth-order valence-electron chi connectivity index (χ4n) is 0.796. The SMILES string of the molecule is CNCC(O)c1ccncn1. The lowest BCUT2D eigenvalue weighted by Gasteiger charge is -2.07. The van der Waals surface area contributed by atoms with Crippen molar-refractivity contribution in [3.05, 3.63) is 24.3 Å². The van der Waals surface area contributed by atoms with E-state index in [1.807, 2.05) is 0 Å². The van der Waals surface area contributed by atoms with E-state index in [4.69, 9.17) is 0 Å². The summed E-state index contributed by atoms with van der Waals surface area (Å²) in [7, 11) is 1.78. The molecular weight excluding hydrogens is 142 g/mol. The second-order valence-corrected chi connectivity index (χ2v) is 2.21. The van der Waals surface area contributed by atoms with E-state index in [1.54, 1.807) is 19.3 Å². The Morgan fingerprint density at radius 2 is 2.55 bits per heavy atom. The minimum atomic E-state index is -0.539. The maximum atomic E-state index is 9.37. The lowest BCUT2D eigenvalue weighted by molar-refractivity contribution is 0.173. The third kappa shape index (κ3) is 2.25. The number of aliphatic hydroxyl groups is 1. The average Bonchev–Trinajstić information content (AvgIpc) is 2.07. The predicted molar refractivity (Wildman–Crippen MR) is 40.9 cm³/mol. The summed E-state index contributed by atoms with van der Waals surface area (Å²) in [5.41, 5.74) is 0.648. The van der Waals surface area contributed by atoms with Crippen LogP contribution in [0.3, 0.4) is 0 Å². The van der Waals surface area contributed by atoms with Gasteiger partial charge in [0.25, 0.3) is 0 Å². The van der Waals surface area contributed by atoms with E-state index in [1.165, 1.54) is 6.33 Å². The summed E-state index contributed by atoms with van der Waals surface area (Å²) in [4.78, 5) is 7.64. The Bertz CT molecular complexity index is 202. The van der Waals surface area contributed by atoms with Crippen molar-refractivity contribution in [1.29, 1.82) is 0 Å². The van der Waals surface area contributed by atoms with Gasteiger partial charge in [-0.25, -0.2) is 9.97 Å². The van der Waals surface area contributed by atoms with Gasteiger partial charge in [-0.05, 0) is 13.1 Å². The third-order valence-corrected chi connectivity index (χ3v) is 1.34. The van der Waals surface area contributed by atoms with Crippen LogP contribution in [-0.4, -0.2) is 28.7 Å². The Kier molecular flexibility index (Phi) is 2.95. The molecule has 0 fully saturated rings. The van der Waals surface area contributed by atoms with Gasteiger partial charge in [-0.2, -0.15) is 0 Å². The van der Waals surface area contributed by atoms with Crippen LogP contribution in [0.5, 0.6) is 0 Å². The topological polar surface area (TPSA) is 58.0 Å². The molecule has 1 aromatic heterocycles. The van der Waals surface area contributed by atoms with Gasteiger partial charge in [-0.15, -0.1) is 0 Å². The number of rotatable bonds is 3. The van der Waals surface area contributed by atoms with Gasteiger partial charge in [0.15, 0.2) is 0 Å². The van der Waals surface area contributed by atoms with Crippen molar-refractivity contribution in [1.82, 2.24) is 15.3 Å². The number of likely N-dealkylation sites (N-methyl/N-ethyl adjacent to an activating group) is 1. The highest BCUT2D eigenvalue weighted by molar-refractivity contribution is 5.01. The van der Waals surface area contributed by atoms with Crippen LogP contribution in [0.4, 0.5) is 0 Å². The minimum Gasteiger partial charge on any atom is -0.385 e. The molecule has 1 rings (SSSR count). The van der Waals surface area contributed by atoms with Crippen LogP contribution in [0.2, 0.25) is 0 Å².